The van der Waals surface area contributed by atoms with Gasteiger partial charge in [-0.1, -0.05) is 63.3 Å². The molecule has 2 rings (SSSR count). The summed E-state index contributed by atoms with van der Waals surface area (Å²) in [7, 11) is -3.52. The zero-order chi connectivity index (χ0) is 29.9. The minimum absolute atomic E-state index is 0.0403. The van der Waals surface area contributed by atoms with Gasteiger partial charge in [0.05, 0.1) is 6.61 Å². The normalized spacial score (nSPS) is 17.4. The summed E-state index contributed by atoms with van der Waals surface area (Å²) >= 11 is 0. The number of carbonyl (C=O) groups is 3. The molecule has 0 spiro atoms. The molecule has 12 heteroatoms. The molecule has 0 aromatic heterocycles. The van der Waals surface area contributed by atoms with E-state index in [1.165, 1.54) is 58.1 Å². The van der Waals surface area contributed by atoms with E-state index < -0.39 is 42.7 Å². The number of rotatable bonds is 15. The van der Waals surface area contributed by atoms with Gasteiger partial charge in [0.1, 0.15) is 12.1 Å². The SMILES string of the molecule is CCOP(=O)(O)C(F)(F)c1ccc(C[C@H](NC(C)=O)C(=O)N[C@@H](CC)C(=O)N(C)CCCC2CCCCC2)cc1. The second-order valence-corrected chi connectivity index (χ2v) is 12.4. The summed E-state index contributed by atoms with van der Waals surface area (Å²) in [6.07, 6.45) is 8.63. The Morgan fingerprint density at radius 2 is 1.73 bits per heavy atom. The highest BCUT2D eigenvalue weighted by Gasteiger charge is 2.52. The minimum Gasteiger partial charge on any atom is -0.344 e. The van der Waals surface area contributed by atoms with Crippen molar-refractivity contribution < 1.29 is 37.1 Å². The second kappa shape index (κ2) is 15.6. The van der Waals surface area contributed by atoms with Crippen molar-refractivity contribution in [2.45, 2.75) is 96.3 Å². The van der Waals surface area contributed by atoms with Gasteiger partial charge in [0.2, 0.25) is 17.7 Å². The average molecular weight is 588 g/mol. The van der Waals surface area contributed by atoms with Crippen molar-refractivity contribution in [1.29, 1.82) is 0 Å². The lowest BCUT2D eigenvalue weighted by atomic mass is 9.86. The van der Waals surface area contributed by atoms with Crippen LogP contribution in [0.2, 0.25) is 0 Å². The van der Waals surface area contributed by atoms with Gasteiger partial charge in [0, 0.05) is 32.5 Å². The lowest BCUT2D eigenvalue weighted by Crippen LogP contribution is -2.54. The smallest absolute Gasteiger partial charge is 0.344 e. The van der Waals surface area contributed by atoms with Gasteiger partial charge in [-0.15, -0.1) is 0 Å². The Morgan fingerprint density at radius 1 is 1.10 bits per heavy atom. The summed E-state index contributed by atoms with van der Waals surface area (Å²) in [6.45, 7) is 4.61. The molecule has 0 heterocycles. The Morgan fingerprint density at radius 3 is 2.27 bits per heavy atom. The summed E-state index contributed by atoms with van der Waals surface area (Å²) in [4.78, 5) is 49.3. The van der Waals surface area contributed by atoms with Crippen LogP contribution in [0.4, 0.5) is 8.78 Å². The van der Waals surface area contributed by atoms with Crippen molar-refractivity contribution >= 4 is 25.3 Å². The van der Waals surface area contributed by atoms with Gasteiger partial charge in [-0.25, -0.2) is 0 Å². The zero-order valence-electron chi connectivity index (χ0n) is 24.0. The van der Waals surface area contributed by atoms with E-state index in [1.54, 1.807) is 18.9 Å². The van der Waals surface area contributed by atoms with E-state index in [0.29, 0.717) is 18.5 Å². The Labute approximate surface area is 236 Å². The van der Waals surface area contributed by atoms with Gasteiger partial charge in [-0.2, -0.15) is 8.78 Å². The molecule has 1 saturated carbocycles. The fourth-order valence-corrected chi connectivity index (χ4v) is 6.02. The van der Waals surface area contributed by atoms with Crippen LogP contribution in [0.5, 0.6) is 0 Å². The second-order valence-electron chi connectivity index (χ2n) is 10.5. The minimum atomic E-state index is -5.24. The molecule has 1 aliphatic carbocycles. The van der Waals surface area contributed by atoms with Crippen LogP contribution in [0.25, 0.3) is 0 Å². The number of amides is 3. The third kappa shape index (κ3) is 9.63. The summed E-state index contributed by atoms with van der Waals surface area (Å²) in [5, 5.41) is 5.28. The van der Waals surface area contributed by atoms with E-state index in [9.17, 15) is 32.6 Å². The number of benzene rings is 1. The first-order chi connectivity index (χ1) is 18.8. The topological polar surface area (TPSA) is 125 Å². The molecule has 3 amide bonds. The number of halogens is 2. The van der Waals surface area contributed by atoms with Gasteiger partial charge in [-0.3, -0.25) is 18.9 Å². The zero-order valence-corrected chi connectivity index (χ0v) is 24.9. The number of likely N-dealkylation sites (N-methyl/N-ethyl adjacent to an activating group) is 1. The molecule has 9 nitrogen and oxygen atoms in total. The third-order valence-electron chi connectivity index (χ3n) is 7.32. The highest BCUT2D eigenvalue weighted by Crippen LogP contribution is 2.63. The van der Waals surface area contributed by atoms with Crippen molar-refractivity contribution in [3.05, 3.63) is 35.4 Å². The molecule has 0 radical (unpaired) electrons. The molecule has 226 valence electrons. The van der Waals surface area contributed by atoms with Crippen molar-refractivity contribution in [3.63, 3.8) is 0 Å². The molecule has 3 N–H and O–H groups in total. The molecular weight excluding hydrogens is 543 g/mol. The predicted molar refractivity (Wildman–Crippen MR) is 149 cm³/mol. The third-order valence-corrected chi connectivity index (χ3v) is 8.90. The van der Waals surface area contributed by atoms with Gasteiger partial charge in [0.25, 0.3) is 0 Å². The molecule has 0 saturated heterocycles. The van der Waals surface area contributed by atoms with Gasteiger partial charge in [0.15, 0.2) is 0 Å². The Bertz CT molecular complexity index is 1030. The molecule has 0 bridgehead atoms. The summed E-state index contributed by atoms with van der Waals surface area (Å²) in [5.41, 5.74) is -4.40. The number of nitrogens with one attached hydrogen (secondary N) is 2. The fraction of sp³-hybridized carbons (Fsp3) is 0.679. The molecule has 1 aliphatic rings. The molecule has 1 fully saturated rings. The van der Waals surface area contributed by atoms with Gasteiger partial charge >= 0.3 is 13.3 Å². The van der Waals surface area contributed by atoms with E-state index in [2.05, 4.69) is 15.2 Å². The number of nitrogens with zero attached hydrogens (tertiary/aromatic N) is 1. The first-order valence-corrected chi connectivity index (χ1v) is 15.7. The average Bonchev–Trinajstić information content (AvgIpc) is 2.91. The predicted octanol–water partition coefficient (Wildman–Crippen LogP) is 4.72. The number of carbonyl (C=O) groups excluding carboxylic acids is 3. The molecule has 1 aromatic rings. The highest BCUT2D eigenvalue weighted by molar-refractivity contribution is 7.53. The number of hydrogen-bond donors (Lipinski definition) is 3. The largest absolute Gasteiger partial charge is 0.401 e. The first kappa shape index (κ1) is 33.8. The van der Waals surface area contributed by atoms with Gasteiger partial charge < -0.3 is 25.0 Å². The maximum atomic E-state index is 14.5. The van der Waals surface area contributed by atoms with Crippen LogP contribution >= 0.6 is 7.60 Å². The Kier molecular flexibility index (Phi) is 13.2. The van der Waals surface area contributed by atoms with E-state index in [1.807, 2.05) is 0 Å². The molecular formula is C28H44F2N3O6P. The van der Waals surface area contributed by atoms with Crippen LogP contribution in [0, 0.1) is 5.92 Å². The lowest BCUT2D eigenvalue weighted by Gasteiger charge is -2.27. The van der Waals surface area contributed by atoms with E-state index in [4.69, 9.17) is 0 Å². The van der Waals surface area contributed by atoms with Crippen molar-refractivity contribution in [1.82, 2.24) is 15.5 Å². The molecule has 40 heavy (non-hydrogen) atoms. The van der Waals surface area contributed by atoms with Crippen LogP contribution < -0.4 is 10.6 Å². The maximum Gasteiger partial charge on any atom is 0.401 e. The van der Waals surface area contributed by atoms with E-state index >= 15 is 0 Å². The molecule has 0 aliphatic heterocycles. The van der Waals surface area contributed by atoms with E-state index in [-0.39, 0.29) is 18.9 Å². The standard InChI is InChI=1S/C28H44F2N3O6P/c1-5-24(27(36)33(4)18-10-13-21-11-8-7-9-12-21)32-26(35)25(31-20(3)34)19-22-14-16-23(17-15-22)28(29,30)40(37,38)39-6-2/h14-17,21,24-25H,5-13,18-19H2,1-4H3,(H,31,34)(H,32,35)(H,37,38)/t24-,25-/m0/s1. The number of hydrogen-bond acceptors (Lipinski definition) is 5. The van der Waals surface area contributed by atoms with Crippen LogP contribution in [0.15, 0.2) is 24.3 Å². The van der Waals surface area contributed by atoms with Crippen molar-refractivity contribution in [3.8, 4) is 0 Å². The highest BCUT2D eigenvalue weighted by atomic mass is 31.2. The fourth-order valence-electron chi connectivity index (χ4n) is 5.03. The summed E-state index contributed by atoms with van der Waals surface area (Å²) in [5.74, 6) is -0.539. The Hall–Kier alpha value is -2.36. The monoisotopic (exact) mass is 587 g/mol. The van der Waals surface area contributed by atoms with Crippen molar-refractivity contribution in [2.24, 2.45) is 5.92 Å². The van der Waals surface area contributed by atoms with Crippen LogP contribution in [0.1, 0.15) is 83.3 Å². The first-order valence-electron chi connectivity index (χ1n) is 14.1. The Balaban J connectivity index is 2.03. The maximum absolute atomic E-state index is 14.5. The van der Waals surface area contributed by atoms with Crippen LogP contribution in [-0.4, -0.2) is 59.8 Å². The molecule has 3 atom stereocenters. The summed E-state index contributed by atoms with van der Waals surface area (Å²) < 4.78 is 45.3. The summed E-state index contributed by atoms with van der Waals surface area (Å²) in [6, 6.07) is 2.72. The van der Waals surface area contributed by atoms with Crippen LogP contribution in [0.3, 0.4) is 0 Å². The molecule has 1 aromatic carbocycles. The number of alkyl halides is 2. The lowest BCUT2D eigenvalue weighted by molar-refractivity contribution is -0.136. The van der Waals surface area contributed by atoms with Gasteiger partial charge in [-0.05, 0) is 37.7 Å². The van der Waals surface area contributed by atoms with E-state index in [0.717, 1.165) is 30.9 Å². The van der Waals surface area contributed by atoms with Crippen molar-refractivity contribution in [2.75, 3.05) is 20.2 Å². The molecule has 1 unspecified atom stereocenters. The van der Waals surface area contributed by atoms with Crippen LogP contribution in [-0.2, 0) is 35.6 Å². The quantitative estimate of drug-likeness (QED) is 0.255.